The monoisotopic (exact) mass is 433 g/mol. The van der Waals surface area contributed by atoms with E-state index in [1.807, 2.05) is 44.2 Å². The van der Waals surface area contributed by atoms with E-state index in [0.717, 1.165) is 35.8 Å². The molecule has 0 spiro atoms. The van der Waals surface area contributed by atoms with Crippen LogP contribution in [-0.2, 0) is 6.54 Å². The maximum atomic E-state index is 10.7. The lowest BCUT2D eigenvalue weighted by Gasteiger charge is -2.27. The number of aryl methyl sites for hydroxylation is 2. The van der Waals surface area contributed by atoms with Crippen molar-refractivity contribution in [1.29, 1.82) is 0 Å². The zero-order valence-corrected chi connectivity index (χ0v) is 19.7. The maximum Gasteiger partial charge on any atom is 0.128 e. The van der Waals surface area contributed by atoms with E-state index in [1.54, 1.807) is 6.20 Å². The van der Waals surface area contributed by atoms with E-state index < -0.39 is 6.10 Å². The predicted molar refractivity (Wildman–Crippen MR) is 133 cm³/mol. The smallest absolute Gasteiger partial charge is 0.128 e. The summed E-state index contributed by atoms with van der Waals surface area (Å²) in [5.41, 5.74) is 4.70. The summed E-state index contributed by atoms with van der Waals surface area (Å²) in [5.74, 6) is 1.63. The summed E-state index contributed by atoms with van der Waals surface area (Å²) in [6, 6.07) is 20.6. The molecule has 170 valence electrons. The first-order valence-electron chi connectivity index (χ1n) is 11.4. The van der Waals surface area contributed by atoms with Gasteiger partial charge in [0.2, 0.25) is 0 Å². The van der Waals surface area contributed by atoms with Crippen molar-refractivity contribution in [3.8, 4) is 5.75 Å². The highest BCUT2D eigenvalue weighted by Crippen LogP contribution is 2.20. The Morgan fingerprint density at radius 3 is 2.19 bits per heavy atom. The average molecular weight is 434 g/mol. The first-order valence-corrected chi connectivity index (χ1v) is 11.4. The van der Waals surface area contributed by atoms with Crippen molar-refractivity contribution in [2.75, 3.05) is 36.0 Å². The van der Waals surface area contributed by atoms with Crippen LogP contribution in [0.3, 0.4) is 0 Å². The third-order valence-electron chi connectivity index (χ3n) is 5.48. The molecule has 3 aromatic rings. The standard InChI is InChI=1S/C27H35N3O2/c1-5-29(6-2)24-12-10-23(11-13-24)18-30(27-9-7-8-14-28-27)19-25(31)20-32-26-16-21(3)15-22(4)17-26/h7-17,25,31H,5-6,18-20H2,1-4H3. The van der Waals surface area contributed by atoms with Crippen molar-refractivity contribution in [3.05, 3.63) is 83.6 Å². The molecule has 1 aromatic heterocycles. The topological polar surface area (TPSA) is 48.8 Å². The van der Waals surface area contributed by atoms with Gasteiger partial charge in [0.05, 0.1) is 0 Å². The van der Waals surface area contributed by atoms with E-state index in [-0.39, 0.29) is 6.61 Å². The lowest BCUT2D eigenvalue weighted by molar-refractivity contribution is 0.111. The number of ether oxygens (including phenoxy) is 1. The van der Waals surface area contributed by atoms with E-state index in [4.69, 9.17) is 4.74 Å². The van der Waals surface area contributed by atoms with Gasteiger partial charge in [-0.15, -0.1) is 0 Å². The molecule has 0 amide bonds. The quantitative estimate of drug-likeness (QED) is 0.462. The van der Waals surface area contributed by atoms with Crippen LogP contribution in [0.15, 0.2) is 66.9 Å². The maximum absolute atomic E-state index is 10.7. The molecule has 0 aliphatic carbocycles. The van der Waals surface area contributed by atoms with Crippen molar-refractivity contribution in [3.63, 3.8) is 0 Å². The van der Waals surface area contributed by atoms with E-state index >= 15 is 0 Å². The first-order chi connectivity index (χ1) is 15.5. The normalized spacial score (nSPS) is 11.8. The molecule has 0 aliphatic heterocycles. The van der Waals surface area contributed by atoms with Crippen LogP contribution in [0.1, 0.15) is 30.5 Å². The molecule has 0 saturated carbocycles. The molecule has 0 saturated heterocycles. The lowest BCUT2D eigenvalue weighted by atomic mass is 10.1. The van der Waals surface area contributed by atoms with E-state index in [2.05, 4.69) is 59.0 Å². The number of aromatic nitrogens is 1. The lowest BCUT2D eigenvalue weighted by Crippen LogP contribution is -2.36. The second-order valence-electron chi connectivity index (χ2n) is 8.20. The van der Waals surface area contributed by atoms with Gasteiger partial charge in [-0.3, -0.25) is 0 Å². The van der Waals surface area contributed by atoms with Crippen molar-refractivity contribution in [2.24, 2.45) is 0 Å². The zero-order valence-electron chi connectivity index (χ0n) is 19.7. The number of aliphatic hydroxyl groups is 1. The highest BCUT2D eigenvalue weighted by Gasteiger charge is 2.15. The Bertz CT molecular complexity index is 936. The Morgan fingerprint density at radius 2 is 1.59 bits per heavy atom. The molecule has 2 aromatic carbocycles. The molecule has 5 nitrogen and oxygen atoms in total. The van der Waals surface area contributed by atoms with Gasteiger partial charge in [0, 0.05) is 38.1 Å². The summed E-state index contributed by atoms with van der Waals surface area (Å²) < 4.78 is 5.88. The van der Waals surface area contributed by atoms with Gasteiger partial charge in [-0.05, 0) is 80.8 Å². The molecule has 1 N–H and O–H groups in total. The number of aliphatic hydroxyl groups excluding tert-OH is 1. The Hall–Kier alpha value is -3.05. The Labute approximate surface area is 192 Å². The molecule has 3 rings (SSSR count). The minimum atomic E-state index is -0.646. The van der Waals surface area contributed by atoms with Gasteiger partial charge in [0.25, 0.3) is 0 Å². The largest absolute Gasteiger partial charge is 0.491 e. The summed E-state index contributed by atoms with van der Waals surface area (Å²) in [4.78, 5) is 8.93. The molecule has 0 radical (unpaired) electrons. The van der Waals surface area contributed by atoms with Crippen LogP contribution >= 0.6 is 0 Å². The van der Waals surface area contributed by atoms with Crippen LogP contribution < -0.4 is 14.5 Å². The Balaban J connectivity index is 1.68. The zero-order chi connectivity index (χ0) is 22.9. The van der Waals surface area contributed by atoms with Gasteiger partial charge in [0.15, 0.2) is 0 Å². The number of hydrogen-bond donors (Lipinski definition) is 1. The molecule has 0 aliphatic rings. The van der Waals surface area contributed by atoms with Gasteiger partial charge in [-0.2, -0.15) is 0 Å². The number of benzene rings is 2. The van der Waals surface area contributed by atoms with Crippen LogP contribution in [0.2, 0.25) is 0 Å². The van der Waals surface area contributed by atoms with Gasteiger partial charge >= 0.3 is 0 Å². The van der Waals surface area contributed by atoms with Crippen molar-refractivity contribution >= 4 is 11.5 Å². The molecule has 5 heteroatoms. The number of nitrogens with zero attached hydrogens (tertiary/aromatic N) is 3. The van der Waals surface area contributed by atoms with E-state index in [9.17, 15) is 5.11 Å². The van der Waals surface area contributed by atoms with Crippen LogP contribution in [-0.4, -0.2) is 42.4 Å². The van der Waals surface area contributed by atoms with Crippen molar-refractivity contribution in [2.45, 2.75) is 40.3 Å². The number of anilines is 2. The summed E-state index contributed by atoms with van der Waals surface area (Å²) in [7, 11) is 0. The number of pyridine rings is 1. The summed E-state index contributed by atoms with van der Waals surface area (Å²) in [6.07, 6.45) is 1.14. The Kier molecular flexibility index (Phi) is 8.51. The second-order valence-corrected chi connectivity index (χ2v) is 8.20. The molecule has 1 unspecified atom stereocenters. The minimum Gasteiger partial charge on any atom is -0.491 e. The fourth-order valence-electron chi connectivity index (χ4n) is 3.92. The Morgan fingerprint density at radius 1 is 0.906 bits per heavy atom. The van der Waals surface area contributed by atoms with Gasteiger partial charge in [-0.1, -0.05) is 24.3 Å². The third kappa shape index (κ3) is 6.72. The highest BCUT2D eigenvalue weighted by atomic mass is 16.5. The van der Waals surface area contributed by atoms with Crippen LogP contribution in [0, 0.1) is 13.8 Å². The van der Waals surface area contributed by atoms with Crippen molar-refractivity contribution in [1.82, 2.24) is 4.98 Å². The van der Waals surface area contributed by atoms with Crippen molar-refractivity contribution < 1.29 is 9.84 Å². The van der Waals surface area contributed by atoms with E-state index in [1.165, 1.54) is 11.3 Å². The fraction of sp³-hybridized carbons (Fsp3) is 0.370. The minimum absolute atomic E-state index is 0.229. The molecular formula is C27H35N3O2. The molecule has 0 fully saturated rings. The SMILES string of the molecule is CCN(CC)c1ccc(CN(CC(O)COc2cc(C)cc(C)c2)c2ccccn2)cc1. The fourth-order valence-corrected chi connectivity index (χ4v) is 3.92. The van der Waals surface area contributed by atoms with Gasteiger partial charge in [0.1, 0.15) is 24.3 Å². The summed E-state index contributed by atoms with van der Waals surface area (Å²) in [5, 5.41) is 10.7. The predicted octanol–water partition coefficient (Wildman–Crippen LogP) is 4.99. The van der Waals surface area contributed by atoms with Crippen LogP contribution in [0.4, 0.5) is 11.5 Å². The molecular weight excluding hydrogens is 398 g/mol. The number of hydrogen-bond acceptors (Lipinski definition) is 5. The van der Waals surface area contributed by atoms with E-state index in [0.29, 0.717) is 13.1 Å². The molecule has 1 heterocycles. The van der Waals surface area contributed by atoms with Crippen LogP contribution in [0.25, 0.3) is 0 Å². The van der Waals surface area contributed by atoms with Gasteiger partial charge < -0.3 is 19.6 Å². The summed E-state index contributed by atoms with van der Waals surface area (Å²) in [6.45, 7) is 11.7. The summed E-state index contributed by atoms with van der Waals surface area (Å²) >= 11 is 0. The third-order valence-corrected chi connectivity index (χ3v) is 5.48. The average Bonchev–Trinajstić information content (AvgIpc) is 2.79. The highest BCUT2D eigenvalue weighted by molar-refractivity contribution is 5.48. The second kappa shape index (κ2) is 11.5. The van der Waals surface area contributed by atoms with Crippen LogP contribution in [0.5, 0.6) is 5.75 Å². The molecule has 0 bridgehead atoms. The number of rotatable bonds is 11. The molecule has 1 atom stereocenters. The van der Waals surface area contributed by atoms with Gasteiger partial charge in [-0.25, -0.2) is 4.98 Å². The molecule has 32 heavy (non-hydrogen) atoms. The first kappa shape index (κ1) is 23.6.